The van der Waals surface area contributed by atoms with Gasteiger partial charge in [0.25, 0.3) is 0 Å². The smallest absolute Gasteiger partial charge is 1.00 e. The summed E-state index contributed by atoms with van der Waals surface area (Å²) in [5.74, 6) is -0.598. The molecule has 2 radical (unpaired) electrons. The third-order valence-electron chi connectivity index (χ3n) is 4.09. The molecule has 0 aliphatic heterocycles. The summed E-state index contributed by atoms with van der Waals surface area (Å²) < 4.78 is 10.3. The van der Waals surface area contributed by atoms with Crippen LogP contribution in [0.1, 0.15) is 53.9 Å². The summed E-state index contributed by atoms with van der Waals surface area (Å²) in [4.78, 5) is 24.8. The fourth-order valence-corrected chi connectivity index (χ4v) is 3.29. The van der Waals surface area contributed by atoms with E-state index in [1.54, 1.807) is 13.8 Å². The summed E-state index contributed by atoms with van der Waals surface area (Å²) in [6.07, 6.45) is 1.84. The van der Waals surface area contributed by atoms with Gasteiger partial charge in [-0.05, 0) is 57.3 Å². The van der Waals surface area contributed by atoms with Crippen LogP contribution in [0.25, 0.3) is 0 Å². The first-order valence-electron chi connectivity index (χ1n) is 7.84. The summed E-state index contributed by atoms with van der Waals surface area (Å²) in [5, 5.41) is 0. The zero-order valence-corrected chi connectivity index (χ0v) is 21.4. The maximum absolute atomic E-state index is 12.4. The molecule has 0 N–H and O–H groups in total. The fraction of sp³-hybridized carbons (Fsp3) is 0.824. The van der Waals surface area contributed by atoms with E-state index in [0.717, 1.165) is 6.42 Å². The number of hydrogen-bond donors (Lipinski definition) is 0. The Hall–Kier alpha value is 0.165. The summed E-state index contributed by atoms with van der Waals surface area (Å²) in [7, 11) is 0. The summed E-state index contributed by atoms with van der Waals surface area (Å²) in [5.41, 5.74) is -1.02. The molecular formula is C17H29ClHgO4. The number of hydrogen-bond acceptors (Lipinski definition) is 4. The second-order valence-corrected chi connectivity index (χ2v) is 7.22. The molecule has 0 aromatic heterocycles. The first kappa shape index (κ1) is 25.4. The predicted octanol–water partition coefficient (Wildman–Crippen LogP) is 0.397. The van der Waals surface area contributed by atoms with Crippen LogP contribution in [0.5, 0.6) is 0 Å². The van der Waals surface area contributed by atoms with Crippen molar-refractivity contribution in [1.82, 2.24) is 0 Å². The minimum atomic E-state index is -1.16. The third-order valence-corrected chi connectivity index (χ3v) is 4.09. The zero-order chi connectivity index (χ0) is 16.3. The van der Waals surface area contributed by atoms with Crippen LogP contribution in [0, 0.1) is 29.6 Å². The minimum absolute atomic E-state index is 0. The van der Waals surface area contributed by atoms with Gasteiger partial charge in [0, 0.05) is 0 Å². The van der Waals surface area contributed by atoms with E-state index < -0.39 is 17.4 Å². The number of carbonyl (C=O) groups excluding carboxylic acids is 2. The van der Waals surface area contributed by atoms with Crippen molar-refractivity contribution in [2.75, 3.05) is 13.2 Å². The molecule has 0 aromatic carbocycles. The van der Waals surface area contributed by atoms with Gasteiger partial charge >= 0.3 is 39.6 Å². The summed E-state index contributed by atoms with van der Waals surface area (Å²) in [6, 6.07) is 0. The normalized spacial score (nSPS) is 22.5. The average Bonchev–Trinajstić information content (AvgIpc) is 2.66. The molecule has 2 unspecified atom stereocenters. The molecule has 130 valence electrons. The number of rotatable bonds is 5. The van der Waals surface area contributed by atoms with Gasteiger partial charge in [0.1, 0.15) is 0 Å². The van der Waals surface area contributed by atoms with E-state index in [-0.39, 0.29) is 70.5 Å². The predicted molar refractivity (Wildman–Crippen MR) is 81.3 cm³/mol. The molecule has 1 aliphatic rings. The zero-order valence-electron chi connectivity index (χ0n) is 15.1. The van der Waals surface area contributed by atoms with E-state index in [1.165, 1.54) is 0 Å². The summed E-state index contributed by atoms with van der Waals surface area (Å²) in [6.45, 7) is 14.7. The Balaban J connectivity index is 0. The van der Waals surface area contributed by atoms with Crippen molar-refractivity contribution in [2.45, 2.75) is 53.9 Å². The quantitative estimate of drug-likeness (QED) is 0.292. The van der Waals surface area contributed by atoms with Gasteiger partial charge in [-0.15, -0.1) is 0 Å². The first-order chi connectivity index (χ1) is 9.66. The van der Waals surface area contributed by atoms with Gasteiger partial charge in [-0.1, -0.05) is 20.8 Å². The second-order valence-electron chi connectivity index (χ2n) is 7.22. The molecule has 0 heterocycles. The standard InChI is InChI=1S/C17H29O4.ClH.Hg/c1-7-20-14(18)17(15(19)21-8-2)9-12(3)13(11-17)10-16(4,5)6;;/h12-13H,3,7-11H2,1-2,4-6H3;1H;/q;;+1/p-1. The van der Waals surface area contributed by atoms with Crippen LogP contribution in [0.15, 0.2) is 0 Å². The van der Waals surface area contributed by atoms with Gasteiger partial charge in [0.15, 0.2) is 5.41 Å². The van der Waals surface area contributed by atoms with E-state index in [9.17, 15) is 9.59 Å². The van der Waals surface area contributed by atoms with Gasteiger partial charge < -0.3 is 21.9 Å². The SMILES string of the molecule is [CH2]C1CC(C(=O)OCC)(C(=O)OCC)CC1CC(C)(C)C.[Cl-].[Hg+]. The van der Waals surface area contributed by atoms with Crippen LogP contribution in [-0.4, -0.2) is 25.2 Å². The van der Waals surface area contributed by atoms with Crippen LogP contribution < -0.4 is 12.4 Å². The molecular weight excluding hydrogens is 504 g/mol. The molecule has 1 aliphatic carbocycles. The molecule has 1 saturated carbocycles. The Morgan fingerprint density at radius 2 is 1.52 bits per heavy atom. The second kappa shape index (κ2) is 10.2. The molecule has 0 amide bonds. The Kier molecular flexibility index (Phi) is 11.3. The maximum Gasteiger partial charge on any atom is 1.00 e. The van der Waals surface area contributed by atoms with Crippen molar-refractivity contribution in [2.24, 2.45) is 22.7 Å². The number of esters is 2. The minimum Gasteiger partial charge on any atom is -1.00 e. The molecule has 0 saturated heterocycles. The van der Waals surface area contributed by atoms with Gasteiger partial charge in [-0.2, -0.15) is 0 Å². The largest absolute Gasteiger partial charge is 1.00 e. The third kappa shape index (κ3) is 6.53. The van der Waals surface area contributed by atoms with E-state index in [0.29, 0.717) is 12.8 Å². The Bertz CT molecular complexity index is 375. The molecule has 1 fully saturated rings. The Labute approximate surface area is 167 Å². The van der Waals surface area contributed by atoms with Crippen LogP contribution in [-0.2, 0) is 46.7 Å². The van der Waals surface area contributed by atoms with Crippen LogP contribution in [0.4, 0.5) is 0 Å². The number of ether oxygens (including phenoxy) is 2. The van der Waals surface area contributed by atoms with Crippen molar-refractivity contribution in [3.63, 3.8) is 0 Å². The molecule has 4 nitrogen and oxygen atoms in total. The fourth-order valence-electron chi connectivity index (χ4n) is 3.29. The van der Waals surface area contributed by atoms with Gasteiger partial charge in [-0.25, -0.2) is 0 Å². The average molecular weight is 533 g/mol. The number of halogens is 1. The van der Waals surface area contributed by atoms with Crippen molar-refractivity contribution in [1.29, 1.82) is 0 Å². The topological polar surface area (TPSA) is 52.6 Å². The van der Waals surface area contributed by atoms with Gasteiger partial charge in [-0.3, -0.25) is 9.59 Å². The van der Waals surface area contributed by atoms with E-state index in [4.69, 9.17) is 9.47 Å². The van der Waals surface area contributed by atoms with Crippen LogP contribution >= 0.6 is 0 Å². The van der Waals surface area contributed by atoms with Crippen molar-refractivity contribution < 1.29 is 59.1 Å². The van der Waals surface area contributed by atoms with Crippen molar-refractivity contribution in [3.8, 4) is 0 Å². The molecule has 23 heavy (non-hydrogen) atoms. The van der Waals surface area contributed by atoms with Gasteiger partial charge in [0.2, 0.25) is 0 Å². The molecule has 0 spiro atoms. The van der Waals surface area contributed by atoms with E-state index >= 15 is 0 Å². The number of carbonyl (C=O) groups is 2. The molecule has 6 heteroatoms. The van der Waals surface area contributed by atoms with E-state index in [1.807, 2.05) is 0 Å². The van der Waals surface area contributed by atoms with E-state index in [2.05, 4.69) is 27.7 Å². The maximum atomic E-state index is 12.4. The Morgan fingerprint density at radius 1 is 1.09 bits per heavy atom. The molecule has 0 aromatic rings. The van der Waals surface area contributed by atoms with Crippen molar-refractivity contribution in [3.05, 3.63) is 6.92 Å². The van der Waals surface area contributed by atoms with Gasteiger partial charge in [0.05, 0.1) is 13.2 Å². The van der Waals surface area contributed by atoms with Crippen LogP contribution in [0.2, 0.25) is 0 Å². The molecule has 0 bridgehead atoms. The summed E-state index contributed by atoms with van der Waals surface area (Å²) >= 11 is 0. The molecule has 1 rings (SSSR count). The monoisotopic (exact) mass is 534 g/mol. The first-order valence-corrected chi connectivity index (χ1v) is 7.84. The Morgan fingerprint density at radius 3 is 1.87 bits per heavy atom. The van der Waals surface area contributed by atoms with Crippen molar-refractivity contribution >= 4 is 11.9 Å². The van der Waals surface area contributed by atoms with Crippen LogP contribution in [0.3, 0.4) is 0 Å². The molecule has 2 atom stereocenters.